The summed E-state index contributed by atoms with van der Waals surface area (Å²) in [4.78, 5) is 2.01. The molecule has 0 saturated carbocycles. The molecule has 0 aromatic carbocycles. The highest BCUT2D eigenvalue weighted by molar-refractivity contribution is 7.80. The lowest BCUT2D eigenvalue weighted by Crippen LogP contribution is -2.39. The molecular formula is C10H16F3NS. The van der Waals surface area contributed by atoms with Gasteiger partial charge in [0.05, 0.1) is 5.92 Å². The molecule has 0 spiro atoms. The normalized spacial score (nSPS) is 20.5. The fourth-order valence-electron chi connectivity index (χ4n) is 1.78. The van der Waals surface area contributed by atoms with Gasteiger partial charge in [-0.3, -0.25) is 4.90 Å². The predicted octanol–water partition coefficient (Wildman–Crippen LogP) is 2.75. The van der Waals surface area contributed by atoms with Crippen LogP contribution in [0.25, 0.3) is 0 Å². The third-order valence-corrected chi connectivity index (χ3v) is 3.17. The van der Waals surface area contributed by atoms with Crippen molar-refractivity contribution >= 4 is 12.6 Å². The summed E-state index contributed by atoms with van der Waals surface area (Å²) < 4.78 is 37.0. The number of hydrogen-bond donors (Lipinski definition) is 1. The summed E-state index contributed by atoms with van der Waals surface area (Å²) in [5.74, 6) is -0.517. The van der Waals surface area contributed by atoms with E-state index >= 15 is 0 Å². The van der Waals surface area contributed by atoms with E-state index in [0.29, 0.717) is 25.4 Å². The zero-order valence-electron chi connectivity index (χ0n) is 8.56. The molecule has 0 N–H and O–H groups in total. The number of halogens is 3. The Morgan fingerprint density at radius 1 is 1.33 bits per heavy atom. The summed E-state index contributed by atoms with van der Waals surface area (Å²) in [6.07, 6.45) is -3.60. The molecule has 1 aliphatic rings. The fourth-order valence-corrected chi connectivity index (χ4v) is 1.88. The molecule has 0 aliphatic carbocycles. The van der Waals surface area contributed by atoms with Crippen LogP contribution in [0.1, 0.15) is 12.8 Å². The standard InChI is InChI=1S/C10H16F3NS/c1-8(7-15)6-14-4-2-9(3-5-14)10(11,12)13/h9,15H,1-7H2. The molecule has 88 valence electrons. The summed E-state index contributed by atoms with van der Waals surface area (Å²) in [5.41, 5.74) is 0.962. The van der Waals surface area contributed by atoms with E-state index < -0.39 is 12.1 Å². The largest absolute Gasteiger partial charge is 0.391 e. The lowest BCUT2D eigenvalue weighted by atomic mass is 9.96. The summed E-state index contributed by atoms with van der Waals surface area (Å²) in [5, 5.41) is 0. The topological polar surface area (TPSA) is 3.24 Å². The van der Waals surface area contributed by atoms with Crippen LogP contribution in [0.2, 0.25) is 0 Å². The third-order valence-electron chi connectivity index (χ3n) is 2.72. The van der Waals surface area contributed by atoms with Crippen molar-refractivity contribution < 1.29 is 13.2 Å². The smallest absolute Gasteiger partial charge is 0.299 e. The van der Waals surface area contributed by atoms with E-state index in [1.54, 1.807) is 0 Å². The number of rotatable bonds is 3. The molecule has 15 heavy (non-hydrogen) atoms. The number of hydrogen-bond acceptors (Lipinski definition) is 2. The number of thiol groups is 1. The van der Waals surface area contributed by atoms with Crippen molar-refractivity contribution in [2.75, 3.05) is 25.4 Å². The highest BCUT2D eigenvalue weighted by atomic mass is 32.1. The molecule has 1 heterocycles. The summed E-state index contributed by atoms with van der Waals surface area (Å²) in [6, 6.07) is 0. The maximum Gasteiger partial charge on any atom is 0.391 e. The highest BCUT2D eigenvalue weighted by Crippen LogP contribution is 2.34. The van der Waals surface area contributed by atoms with E-state index in [0.717, 1.165) is 5.57 Å². The first-order valence-corrected chi connectivity index (χ1v) is 5.63. The van der Waals surface area contributed by atoms with Crippen molar-refractivity contribution in [2.45, 2.75) is 19.0 Å². The average Bonchev–Trinajstić information content (AvgIpc) is 2.17. The second-order valence-corrected chi connectivity index (χ2v) is 4.32. The van der Waals surface area contributed by atoms with Gasteiger partial charge in [0, 0.05) is 12.3 Å². The number of likely N-dealkylation sites (tertiary alicyclic amines) is 1. The van der Waals surface area contributed by atoms with E-state index in [4.69, 9.17) is 0 Å². The molecule has 1 rings (SSSR count). The van der Waals surface area contributed by atoms with Gasteiger partial charge in [-0.2, -0.15) is 25.8 Å². The van der Waals surface area contributed by atoms with Gasteiger partial charge >= 0.3 is 6.18 Å². The molecule has 5 heteroatoms. The Morgan fingerprint density at radius 2 is 1.87 bits per heavy atom. The third kappa shape index (κ3) is 4.07. The Morgan fingerprint density at radius 3 is 2.27 bits per heavy atom. The van der Waals surface area contributed by atoms with E-state index in [-0.39, 0.29) is 12.8 Å². The van der Waals surface area contributed by atoms with Gasteiger partial charge in [-0.1, -0.05) is 12.2 Å². The molecule has 0 aromatic rings. The molecule has 1 aliphatic heterocycles. The van der Waals surface area contributed by atoms with Crippen molar-refractivity contribution in [3.63, 3.8) is 0 Å². The van der Waals surface area contributed by atoms with Crippen LogP contribution in [0.4, 0.5) is 13.2 Å². The van der Waals surface area contributed by atoms with Crippen molar-refractivity contribution in [1.82, 2.24) is 4.90 Å². The molecule has 1 nitrogen and oxygen atoms in total. The van der Waals surface area contributed by atoms with Gasteiger partial charge in [-0.25, -0.2) is 0 Å². The van der Waals surface area contributed by atoms with Crippen LogP contribution in [-0.2, 0) is 0 Å². The molecule has 0 amide bonds. The molecule has 1 fully saturated rings. The summed E-state index contributed by atoms with van der Waals surface area (Å²) >= 11 is 4.07. The van der Waals surface area contributed by atoms with E-state index in [2.05, 4.69) is 19.2 Å². The molecular weight excluding hydrogens is 223 g/mol. The second kappa shape index (κ2) is 5.25. The minimum atomic E-state index is -4.02. The maximum atomic E-state index is 12.3. The SMILES string of the molecule is C=C(CS)CN1CCC(C(F)(F)F)CC1. The van der Waals surface area contributed by atoms with Crippen LogP contribution in [-0.4, -0.2) is 36.5 Å². The first-order chi connectivity index (χ1) is 6.93. The Labute approximate surface area is 93.7 Å². The summed E-state index contributed by atoms with van der Waals surface area (Å²) in [6.45, 7) is 5.49. The van der Waals surface area contributed by atoms with Crippen molar-refractivity contribution in [2.24, 2.45) is 5.92 Å². The zero-order chi connectivity index (χ0) is 11.5. The van der Waals surface area contributed by atoms with Gasteiger partial charge in [0.2, 0.25) is 0 Å². The van der Waals surface area contributed by atoms with Gasteiger partial charge in [0.1, 0.15) is 0 Å². The van der Waals surface area contributed by atoms with Crippen LogP contribution in [0, 0.1) is 5.92 Å². The van der Waals surface area contributed by atoms with Crippen molar-refractivity contribution in [3.8, 4) is 0 Å². The fraction of sp³-hybridized carbons (Fsp3) is 0.800. The minimum Gasteiger partial charge on any atom is -0.299 e. The van der Waals surface area contributed by atoms with Crippen molar-refractivity contribution in [1.29, 1.82) is 0 Å². The van der Waals surface area contributed by atoms with Crippen LogP contribution in [0.5, 0.6) is 0 Å². The van der Waals surface area contributed by atoms with Crippen LogP contribution >= 0.6 is 12.6 Å². The Balaban J connectivity index is 2.33. The number of alkyl halides is 3. The van der Waals surface area contributed by atoms with Gasteiger partial charge in [-0.15, -0.1) is 0 Å². The summed E-state index contributed by atoms with van der Waals surface area (Å²) in [7, 11) is 0. The van der Waals surface area contributed by atoms with Gasteiger partial charge in [-0.05, 0) is 25.9 Å². The zero-order valence-corrected chi connectivity index (χ0v) is 9.45. The Bertz CT molecular complexity index is 219. The molecule has 1 saturated heterocycles. The minimum absolute atomic E-state index is 0.212. The first kappa shape index (κ1) is 12.9. The Kier molecular flexibility index (Phi) is 4.52. The molecule has 0 atom stereocenters. The number of piperidine rings is 1. The average molecular weight is 239 g/mol. The van der Waals surface area contributed by atoms with Crippen LogP contribution < -0.4 is 0 Å². The lowest BCUT2D eigenvalue weighted by molar-refractivity contribution is -0.184. The van der Waals surface area contributed by atoms with Crippen LogP contribution in [0.15, 0.2) is 12.2 Å². The molecule has 0 bridgehead atoms. The maximum absolute atomic E-state index is 12.3. The second-order valence-electron chi connectivity index (χ2n) is 4.00. The van der Waals surface area contributed by atoms with Crippen LogP contribution in [0.3, 0.4) is 0 Å². The van der Waals surface area contributed by atoms with E-state index in [9.17, 15) is 13.2 Å². The highest BCUT2D eigenvalue weighted by Gasteiger charge is 2.40. The monoisotopic (exact) mass is 239 g/mol. The van der Waals surface area contributed by atoms with Gasteiger partial charge in [0.25, 0.3) is 0 Å². The van der Waals surface area contributed by atoms with E-state index in [1.807, 2.05) is 4.90 Å². The van der Waals surface area contributed by atoms with Gasteiger partial charge in [0.15, 0.2) is 0 Å². The first-order valence-electron chi connectivity index (χ1n) is 5.00. The predicted molar refractivity (Wildman–Crippen MR) is 58.2 cm³/mol. The quantitative estimate of drug-likeness (QED) is 0.585. The molecule has 0 radical (unpaired) electrons. The van der Waals surface area contributed by atoms with E-state index in [1.165, 1.54) is 0 Å². The van der Waals surface area contributed by atoms with Gasteiger partial charge < -0.3 is 0 Å². The Hall–Kier alpha value is -0.160. The molecule has 0 unspecified atom stereocenters. The lowest BCUT2D eigenvalue weighted by Gasteiger charge is -2.33. The molecule has 0 aromatic heterocycles. The number of nitrogens with zero attached hydrogens (tertiary/aromatic N) is 1. The van der Waals surface area contributed by atoms with Crippen molar-refractivity contribution in [3.05, 3.63) is 12.2 Å².